The Bertz CT molecular complexity index is 933. The summed E-state index contributed by atoms with van der Waals surface area (Å²) in [6, 6.07) is 17.0. The molecule has 1 aromatic heterocycles. The lowest BCUT2D eigenvalue weighted by molar-refractivity contribution is 0.928. The number of aromatic amines is 1. The van der Waals surface area contributed by atoms with Crippen LogP contribution < -0.4 is 4.91 Å². The topological polar surface area (TPSA) is 90.5 Å². The summed E-state index contributed by atoms with van der Waals surface area (Å²) in [5, 5.41) is 5.04. The SMILES string of the molecule is N=[N+]=N.c1ccc2c(c1)ccc1c2ccc2[nH]cnc21. The van der Waals surface area contributed by atoms with Gasteiger partial charge in [-0.1, -0.05) is 42.5 Å². The summed E-state index contributed by atoms with van der Waals surface area (Å²) in [4.78, 5) is 9.55. The van der Waals surface area contributed by atoms with Crippen LogP contribution in [-0.2, 0) is 0 Å². The van der Waals surface area contributed by atoms with Crippen LogP contribution in [0.3, 0.4) is 0 Å². The number of nitrogens with zero attached hydrogens (tertiary/aromatic N) is 2. The van der Waals surface area contributed by atoms with E-state index in [1.807, 2.05) is 4.91 Å². The predicted octanol–water partition coefficient (Wildman–Crippen LogP) is 3.98. The third kappa shape index (κ3) is 1.83. The molecule has 3 N–H and O–H groups in total. The van der Waals surface area contributed by atoms with E-state index >= 15 is 0 Å². The van der Waals surface area contributed by atoms with Crippen LogP contribution in [0.25, 0.3) is 32.6 Å². The van der Waals surface area contributed by atoms with Crippen molar-refractivity contribution in [2.45, 2.75) is 0 Å². The number of rotatable bonds is 0. The van der Waals surface area contributed by atoms with E-state index in [1.165, 1.54) is 21.5 Å². The van der Waals surface area contributed by atoms with Gasteiger partial charge in [0.25, 0.3) is 0 Å². The van der Waals surface area contributed by atoms with Crippen molar-refractivity contribution in [3.63, 3.8) is 0 Å². The maximum atomic E-state index is 5.50. The molecule has 0 aliphatic rings. The number of nitrogens with one attached hydrogen (secondary N) is 3. The number of hydrogen-bond acceptors (Lipinski definition) is 3. The first-order valence-corrected chi connectivity index (χ1v) is 6.12. The average molecular weight is 262 g/mol. The molecule has 0 amide bonds. The van der Waals surface area contributed by atoms with Gasteiger partial charge in [0, 0.05) is 5.39 Å². The number of fused-ring (bicyclic) bond motifs is 5. The first kappa shape index (κ1) is 12.0. The lowest BCUT2D eigenvalue weighted by Gasteiger charge is -2.03. The molecule has 20 heavy (non-hydrogen) atoms. The molecule has 0 atom stereocenters. The van der Waals surface area contributed by atoms with Gasteiger partial charge in [0.2, 0.25) is 4.91 Å². The van der Waals surface area contributed by atoms with E-state index in [4.69, 9.17) is 11.1 Å². The van der Waals surface area contributed by atoms with E-state index in [0.29, 0.717) is 0 Å². The van der Waals surface area contributed by atoms with Gasteiger partial charge >= 0.3 is 0 Å². The van der Waals surface area contributed by atoms with E-state index in [9.17, 15) is 0 Å². The van der Waals surface area contributed by atoms with Crippen molar-refractivity contribution >= 4 is 32.6 Å². The lowest BCUT2D eigenvalue weighted by Crippen LogP contribution is -1.79. The zero-order chi connectivity index (χ0) is 13.9. The minimum absolute atomic E-state index is 1.05. The van der Waals surface area contributed by atoms with Gasteiger partial charge in [0.05, 0.1) is 17.4 Å². The molecule has 0 bridgehead atoms. The minimum Gasteiger partial charge on any atom is -0.345 e. The van der Waals surface area contributed by atoms with E-state index < -0.39 is 0 Å². The van der Waals surface area contributed by atoms with Crippen molar-refractivity contribution in [1.29, 1.82) is 11.1 Å². The Morgan fingerprint density at radius 2 is 1.60 bits per heavy atom. The molecule has 96 valence electrons. The standard InChI is InChI=1S/C15H10N2.H2N3/c1-2-4-11-10(3-1)5-6-13-12(11)7-8-14-15(13)17-9-16-14;1-3-2/h1-9H,(H,16,17);1-2H/q;+1. The molecule has 0 fully saturated rings. The molecule has 3 aromatic carbocycles. The van der Waals surface area contributed by atoms with Crippen LogP contribution in [-0.4, -0.2) is 9.97 Å². The number of imidazole rings is 1. The molecule has 1 heterocycles. The Balaban J connectivity index is 0.000000373. The third-order valence-electron chi connectivity index (χ3n) is 3.31. The molecular weight excluding hydrogens is 250 g/mol. The molecule has 4 aromatic rings. The lowest BCUT2D eigenvalue weighted by atomic mass is 10.0. The summed E-state index contributed by atoms with van der Waals surface area (Å²) in [5.41, 5.74) is 13.1. The molecule has 0 saturated carbocycles. The fourth-order valence-electron chi connectivity index (χ4n) is 2.49. The van der Waals surface area contributed by atoms with Crippen molar-refractivity contribution < 1.29 is 0 Å². The van der Waals surface area contributed by atoms with Gasteiger partial charge in [-0.15, -0.1) is 0 Å². The zero-order valence-corrected chi connectivity index (χ0v) is 10.6. The summed E-state index contributed by atoms with van der Waals surface area (Å²) in [7, 11) is 0. The third-order valence-corrected chi connectivity index (χ3v) is 3.31. The molecular formula is C15H12N5+. The van der Waals surface area contributed by atoms with Crippen molar-refractivity contribution in [3.05, 3.63) is 54.9 Å². The summed E-state index contributed by atoms with van der Waals surface area (Å²) in [6.45, 7) is 0. The molecule has 5 heteroatoms. The van der Waals surface area contributed by atoms with Crippen LogP contribution in [0.15, 0.2) is 54.9 Å². The average Bonchev–Trinajstić information content (AvgIpc) is 2.96. The van der Waals surface area contributed by atoms with E-state index in [1.54, 1.807) is 6.33 Å². The first-order chi connectivity index (χ1) is 9.85. The van der Waals surface area contributed by atoms with Crippen LogP contribution in [0.1, 0.15) is 0 Å². The Morgan fingerprint density at radius 1 is 0.850 bits per heavy atom. The maximum Gasteiger partial charge on any atom is 0.211 e. The van der Waals surface area contributed by atoms with Crippen LogP contribution in [0.5, 0.6) is 0 Å². The van der Waals surface area contributed by atoms with Crippen molar-refractivity contribution in [2.75, 3.05) is 0 Å². The quantitative estimate of drug-likeness (QED) is 0.249. The Labute approximate surface area is 114 Å². The van der Waals surface area contributed by atoms with Crippen molar-refractivity contribution in [2.24, 2.45) is 0 Å². The van der Waals surface area contributed by atoms with E-state index in [0.717, 1.165) is 11.0 Å². The molecule has 0 aliphatic heterocycles. The predicted molar refractivity (Wildman–Crippen MR) is 78.7 cm³/mol. The highest BCUT2D eigenvalue weighted by molar-refractivity contribution is 6.15. The number of benzene rings is 3. The number of H-pyrrole nitrogens is 1. The van der Waals surface area contributed by atoms with Gasteiger partial charge in [-0.25, -0.2) is 4.98 Å². The van der Waals surface area contributed by atoms with Crippen LogP contribution >= 0.6 is 0 Å². The molecule has 0 unspecified atom stereocenters. The monoisotopic (exact) mass is 262 g/mol. The second-order valence-corrected chi connectivity index (χ2v) is 4.36. The minimum atomic E-state index is 1.05. The van der Waals surface area contributed by atoms with Crippen LogP contribution in [0.4, 0.5) is 0 Å². The molecule has 0 saturated heterocycles. The highest BCUT2D eigenvalue weighted by atomic mass is 15.0. The molecule has 0 aliphatic carbocycles. The first-order valence-electron chi connectivity index (χ1n) is 6.12. The highest BCUT2D eigenvalue weighted by Crippen LogP contribution is 2.29. The molecule has 5 nitrogen and oxygen atoms in total. The Morgan fingerprint density at radius 3 is 2.45 bits per heavy atom. The zero-order valence-electron chi connectivity index (χ0n) is 10.6. The van der Waals surface area contributed by atoms with Gasteiger partial charge in [-0.05, 0) is 22.2 Å². The Kier molecular flexibility index (Phi) is 2.95. The van der Waals surface area contributed by atoms with Gasteiger partial charge in [0.1, 0.15) is 11.1 Å². The molecule has 0 radical (unpaired) electrons. The fraction of sp³-hybridized carbons (Fsp3) is 0. The van der Waals surface area contributed by atoms with E-state index in [2.05, 4.69) is 58.5 Å². The van der Waals surface area contributed by atoms with Gasteiger partial charge < -0.3 is 4.98 Å². The van der Waals surface area contributed by atoms with Gasteiger partial charge in [-0.3, -0.25) is 0 Å². The second kappa shape index (κ2) is 4.91. The molecule has 4 rings (SSSR count). The smallest absolute Gasteiger partial charge is 0.211 e. The van der Waals surface area contributed by atoms with Crippen molar-refractivity contribution in [3.8, 4) is 0 Å². The van der Waals surface area contributed by atoms with E-state index in [-0.39, 0.29) is 0 Å². The summed E-state index contributed by atoms with van der Waals surface area (Å²) in [6.07, 6.45) is 1.75. The van der Waals surface area contributed by atoms with Gasteiger partial charge in [0.15, 0.2) is 0 Å². The second-order valence-electron chi connectivity index (χ2n) is 4.36. The number of hydrogen-bond donors (Lipinski definition) is 3. The largest absolute Gasteiger partial charge is 0.345 e. The summed E-state index contributed by atoms with van der Waals surface area (Å²) < 4.78 is 0. The highest BCUT2D eigenvalue weighted by Gasteiger charge is 2.05. The fourth-order valence-corrected chi connectivity index (χ4v) is 2.49. The summed E-state index contributed by atoms with van der Waals surface area (Å²) >= 11 is 0. The van der Waals surface area contributed by atoms with Crippen LogP contribution in [0, 0.1) is 11.1 Å². The molecule has 0 spiro atoms. The van der Waals surface area contributed by atoms with Crippen molar-refractivity contribution in [1.82, 2.24) is 14.9 Å². The number of aromatic nitrogens is 2. The Hall–Kier alpha value is -3.04. The van der Waals surface area contributed by atoms with Crippen LogP contribution in [0.2, 0.25) is 0 Å². The summed E-state index contributed by atoms with van der Waals surface area (Å²) in [5.74, 6) is 0. The maximum absolute atomic E-state index is 5.50. The van der Waals surface area contributed by atoms with Gasteiger partial charge in [-0.2, -0.15) is 0 Å². The normalized spacial score (nSPS) is 10.2.